The molecule has 0 aromatic carbocycles. The van der Waals surface area contributed by atoms with Crippen molar-refractivity contribution in [1.29, 1.82) is 0 Å². The maximum Gasteiger partial charge on any atom is 0.240 e. The number of hydrogen-bond donors (Lipinski definition) is 2. The Kier molecular flexibility index (Phi) is 4.30. The Bertz CT molecular complexity index is 683. The van der Waals surface area contributed by atoms with E-state index in [2.05, 4.69) is 25.2 Å². The predicted molar refractivity (Wildman–Crippen MR) is 71.7 cm³/mol. The van der Waals surface area contributed by atoms with Crippen LogP contribution < -0.4 is 10.0 Å². The number of aromatic nitrogens is 3. The Labute approximate surface area is 116 Å². The number of anilines is 1. The van der Waals surface area contributed by atoms with Gasteiger partial charge in [0.05, 0.1) is 4.90 Å². The Balaban J connectivity index is 2.00. The van der Waals surface area contributed by atoms with Crippen LogP contribution in [0, 0.1) is 6.92 Å². The smallest absolute Gasteiger partial charge is 0.240 e. The third-order valence-electron chi connectivity index (χ3n) is 2.50. The van der Waals surface area contributed by atoms with Crippen molar-refractivity contribution in [2.75, 3.05) is 18.9 Å². The second kappa shape index (κ2) is 5.97. The van der Waals surface area contributed by atoms with Crippen LogP contribution in [0.1, 0.15) is 11.7 Å². The fourth-order valence-electron chi connectivity index (χ4n) is 1.53. The van der Waals surface area contributed by atoms with E-state index in [1.54, 1.807) is 14.0 Å². The first-order valence-corrected chi connectivity index (χ1v) is 7.42. The zero-order chi connectivity index (χ0) is 14.6. The molecule has 8 nitrogen and oxygen atoms in total. The third-order valence-corrected chi connectivity index (χ3v) is 3.96. The van der Waals surface area contributed by atoms with Crippen LogP contribution in [-0.2, 0) is 16.4 Å². The van der Waals surface area contributed by atoms with Gasteiger partial charge >= 0.3 is 0 Å². The highest BCUT2D eigenvalue weighted by Crippen LogP contribution is 2.11. The van der Waals surface area contributed by atoms with E-state index in [4.69, 9.17) is 4.52 Å². The number of hydrogen-bond acceptors (Lipinski definition) is 7. The van der Waals surface area contributed by atoms with E-state index >= 15 is 0 Å². The molecule has 2 aromatic heterocycles. The lowest BCUT2D eigenvalue weighted by Crippen LogP contribution is -2.26. The van der Waals surface area contributed by atoms with Gasteiger partial charge in [-0.05, 0) is 13.0 Å². The van der Waals surface area contributed by atoms with E-state index in [-0.39, 0.29) is 11.4 Å². The van der Waals surface area contributed by atoms with E-state index in [0.29, 0.717) is 24.0 Å². The summed E-state index contributed by atoms with van der Waals surface area (Å²) >= 11 is 0. The summed E-state index contributed by atoms with van der Waals surface area (Å²) in [5, 5.41) is 6.42. The van der Waals surface area contributed by atoms with Gasteiger partial charge in [-0.2, -0.15) is 4.98 Å². The van der Waals surface area contributed by atoms with E-state index < -0.39 is 10.0 Å². The second-order valence-corrected chi connectivity index (χ2v) is 5.78. The van der Waals surface area contributed by atoms with Crippen LogP contribution in [0.5, 0.6) is 0 Å². The van der Waals surface area contributed by atoms with Gasteiger partial charge in [0.25, 0.3) is 0 Å². The Morgan fingerprint density at radius 1 is 1.40 bits per heavy atom. The summed E-state index contributed by atoms with van der Waals surface area (Å²) in [7, 11) is -1.91. The molecule has 0 radical (unpaired) electrons. The van der Waals surface area contributed by atoms with E-state index in [9.17, 15) is 8.42 Å². The summed E-state index contributed by atoms with van der Waals surface area (Å²) in [4.78, 5) is 8.11. The molecule has 2 aromatic rings. The van der Waals surface area contributed by atoms with Crippen molar-refractivity contribution in [2.45, 2.75) is 18.2 Å². The molecule has 2 rings (SSSR count). The van der Waals surface area contributed by atoms with Gasteiger partial charge in [0.15, 0.2) is 5.82 Å². The predicted octanol–water partition coefficient (Wildman–Crippen LogP) is 0.336. The highest BCUT2D eigenvalue weighted by atomic mass is 32.2. The van der Waals surface area contributed by atoms with Gasteiger partial charge in [-0.3, -0.25) is 0 Å². The van der Waals surface area contributed by atoms with Crippen molar-refractivity contribution in [3.05, 3.63) is 30.0 Å². The van der Waals surface area contributed by atoms with Crippen LogP contribution in [0.15, 0.2) is 27.7 Å². The quantitative estimate of drug-likeness (QED) is 0.790. The van der Waals surface area contributed by atoms with Gasteiger partial charge < -0.3 is 9.84 Å². The molecule has 0 aliphatic rings. The summed E-state index contributed by atoms with van der Waals surface area (Å²) in [6.45, 7) is 1.88. The van der Waals surface area contributed by atoms with Gasteiger partial charge in [0.2, 0.25) is 15.9 Å². The Morgan fingerprint density at radius 2 is 2.20 bits per heavy atom. The van der Waals surface area contributed by atoms with Gasteiger partial charge in [-0.1, -0.05) is 5.16 Å². The molecular weight excluding hydrogens is 282 g/mol. The minimum absolute atomic E-state index is 0.151. The normalized spacial score (nSPS) is 11.5. The van der Waals surface area contributed by atoms with E-state index in [1.165, 1.54) is 18.3 Å². The highest BCUT2D eigenvalue weighted by molar-refractivity contribution is 7.89. The van der Waals surface area contributed by atoms with Crippen LogP contribution in [0.3, 0.4) is 0 Å². The van der Waals surface area contributed by atoms with Crippen molar-refractivity contribution in [2.24, 2.45) is 0 Å². The number of nitrogens with zero attached hydrogens (tertiary/aromatic N) is 3. The number of nitrogens with one attached hydrogen (secondary N) is 2. The average molecular weight is 297 g/mol. The molecule has 0 atom stereocenters. The summed E-state index contributed by atoms with van der Waals surface area (Å²) < 4.78 is 31.5. The zero-order valence-electron chi connectivity index (χ0n) is 11.1. The molecule has 2 N–H and O–H groups in total. The molecule has 9 heteroatoms. The largest absolute Gasteiger partial charge is 0.373 e. The minimum Gasteiger partial charge on any atom is -0.373 e. The van der Waals surface area contributed by atoms with Gasteiger partial charge in [0, 0.05) is 32.3 Å². The van der Waals surface area contributed by atoms with Crippen LogP contribution in [0.25, 0.3) is 0 Å². The fraction of sp³-hybridized carbons (Fsp3) is 0.364. The molecule has 0 spiro atoms. The summed E-state index contributed by atoms with van der Waals surface area (Å²) in [6, 6.07) is 2.89. The molecule has 20 heavy (non-hydrogen) atoms. The molecule has 108 valence electrons. The van der Waals surface area contributed by atoms with Crippen LogP contribution in [0.2, 0.25) is 0 Å². The second-order valence-electron chi connectivity index (χ2n) is 4.01. The average Bonchev–Trinajstić information content (AvgIpc) is 2.84. The first-order valence-electron chi connectivity index (χ1n) is 5.94. The fourth-order valence-corrected chi connectivity index (χ4v) is 2.58. The first kappa shape index (κ1) is 14.4. The molecule has 0 unspecified atom stereocenters. The van der Waals surface area contributed by atoms with Crippen LogP contribution >= 0.6 is 0 Å². The lowest BCUT2D eigenvalue weighted by atomic mass is 10.4. The molecule has 0 aliphatic heterocycles. The molecule has 0 saturated carbocycles. The van der Waals surface area contributed by atoms with Crippen molar-refractivity contribution in [1.82, 2.24) is 19.8 Å². The molecule has 0 aliphatic carbocycles. The Hall–Kier alpha value is -2.00. The topological polar surface area (TPSA) is 110 Å². The van der Waals surface area contributed by atoms with E-state index in [1.807, 2.05) is 0 Å². The molecular formula is C11H15N5O3S. The minimum atomic E-state index is -3.58. The number of rotatable bonds is 6. The number of aryl methyl sites for hydroxylation is 1. The molecule has 0 bridgehead atoms. The molecule has 0 amide bonds. The number of sulfonamides is 1. The third kappa shape index (κ3) is 3.52. The van der Waals surface area contributed by atoms with Gasteiger partial charge in [-0.15, -0.1) is 0 Å². The summed E-state index contributed by atoms with van der Waals surface area (Å²) in [6.07, 6.45) is 1.77. The van der Waals surface area contributed by atoms with Gasteiger partial charge in [-0.25, -0.2) is 18.1 Å². The lowest BCUT2D eigenvalue weighted by Gasteiger charge is -2.06. The Morgan fingerprint density at radius 3 is 2.85 bits per heavy atom. The van der Waals surface area contributed by atoms with Crippen molar-refractivity contribution < 1.29 is 12.9 Å². The first-order chi connectivity index (χ1) is 9.51. The van der Waals surface area contributed by atoms with Crippen LogP contribution in [-0.4, -0.2) is 37.1 Å². The highest BCUT2D eigenvalue weighted by Gasteiger charge is 2.14. The molecule has 0 saturated heterocycles. The SMILES string of the molecule is CNc1cc(S(=O)(=O)NCCc2nc(C)no2)ccn1. The van der Waals surface area contributed by atoms with E-state index in [0.717, 1.165) is 0 Å². The number of pyridine rings is 1. The van der Waals surface area contributed by atoms with Crippen molar-refractivity contribution in [3.63, 3.8) is 0 Å². The maximum absolute atomic E-state index is 12.1. The maximum atomic E-state index is 12.1. The molecule has 2 heterocycles. The van der Waals surface area contributed by atoms with Crippen molar-refractivity contribution in [3.8, 4) is 0 Å². The van der Waals surface area contributed by atoms with Crippen molar-refractivity contribution >= 4 is 15.8 Å². The monoisotopic (exact) mass is 297 g/mol. The standard InChI is InChI=1S/C11H15N5O3S/c1-8-15-11(19-16-8)4-6-14-20(17,18)9-3-5-13-10(7-9)12-2/h3,5,7,14H,4,6H2,1-2H3,(H,12,13). The summed E-state index contributed by atoms with van der Waals surface area (Å²) in [5.74, 6) is 1.41. The molecule has 0 fully saturated rings. The van der Waals surface area contributed by atoms with Crippen LogP contribution in [0.4, 0.5) is 5.82 Å². The lowest BCUT2D eigenvalue weighted by molar-refractivity contribution is 0.375. The van der Waals surface area contributed by atoms with Gasteiger partial charge in [0.1, 0.15) is 5.82 Å². The zero-order valence-corrected chi connectivity index (χ0v) is 11.9. The summed E-state index contributed by atoms with van der Waals surface area (Å²) in [5.41, 5.74) is 0.